The molecule has 3 heterocycles. The first-order chi connectivity index (χ1) is 14.2. The molecule has 0 aliphatic heterocycles. The number of benzene rings is 1. The fraction of sp³-hybridized carbons (Fsp3) is 0.300. The molecule has 150 valence electrons. The van der Waals surface area contributed by atoms with Crippen LogP contribution >= 0.6 is 11.6 Å². The standard InChI is InChI=1S/C20H22ClN7O/c1-2-3-6-18-22-16(13-29)19(21)28(18)12-14-7-9-15(10-8-14)27-11-4-5-17(27)20-23-25-26-24-20/h4-5,7-11,29H,2-3,6,12-13H2,1H3,(H,23,24,25,26). The van der Waals surface area contributed by atoms with E-state index in [4.69, 9.17) is 11.6 Å². The Hall–Kier alpha value is -2.97. The lowest BCUT2D eigenvalue weighted by molar-refractivity contribution is 0.277. The molecule has 0 saturated carbocycles. The van der Waals surface area contributed by atoms with Crippen LogP contribution in [0.2, 0.25) is 5.15 Å². The van der Waals surface area contributed by atoms with Gasteiger partial charge in [-0.3, -0.25) is 0 Å². The number of imidazole rings is 1. The van der Waals surface area contributed by atoms with Gasteiger partial charge in [-0.2, -0.15) is 0 Å². The maximum Gasteiger partial charge on any atom is 0.196 e. The highest BCUT2D eigenvalue weighted by atomic mass is 35.5. The summed E-state index contributed by atoms with van der Waals surface area (Å²) in [5, 5.41) is 24.1. The van der Waals surface area contributed by atoms with Crippen LogP contribution in [0.3, 0.4) is 0 Å². The lowest BCUT2D eigenvalue weighted by Crippen LogP contribution is -2.06. The third-order valence-electron chi connectivity index (χ3n) is 4.85. The summed E-state index contributed by atoms with van der Waals surface area (Å²) in [7, 11) is 0. The van der Waals surface area contributed by atoms with Gasteiger partial charge >= 0.3 is 0 Å². The zero-order valence-corrected chi connectivity index (χ0v) is 16.8. The van der Waals surface area contributed by atoms with E-state index in [0.717, 1.165) is 42.0 Å². The Morgan fingerprint density at radius 1 is 1.17 bits per heavy atom. The fourth-order valence-electron chi connectivity index (χ4n) is 3.33. The van der Waals surface area contributed by atoms with Gasteiger partial charge in [-0.25, -0.2) is 10.1 Å². The number of tetrazole rings is 1. The summed E-state index contributed by atoms with van der Waals surface area (Å²) in [5.74, 6) is 1.52. The number of nitrogens with one attached hydrogen (secondary N) is 1. The van der Waals surface area contributed by atoms with Crippen molar-refractivity contribution in [2.24, 2.45) is 0 Å². The third-order valence-corrected chi connectivity index (χ3v) is 5.27. The molecule has 2 N–H and O–H groups in total. The fourth-order valence-corrected chi connectivity index (χ4v) is 3.59. The number of aryl methyl sites for hydroxylation is 1. The van der Waals surface area contributed by atoms with Crippen molar-refractivity contribution in [1.29, 1.82) is 0 Å². The number of rotatable bonds is 8. The average molecular weight is 412 g/mol. The molecular weight excluding hydrogens is 390 g/mol. The number of halogens is 1. The number of aromatic amines is 1. The second-order valence-electron chi connectivity index (χ2n) is 6.79. The van der Waals surface area contributed by atoms with E-state index in [-0.39, 0.29) is 6.61 Å². The molecule has 0 fully saturated rings. The van der Waals surface area contributed by atoms with Gasteiger partial charge in [0.25, 0.3) is 0 Å². The summed E-state index contributed by atoms with van der Waals surface area (Å²) in [4.78, 5) is 4.51. The zero-order valence-electron chi connectivity index (χ0n) is 16.1. The molecule has 4 aromatic rings. The van der Waals surface area contributed by atoms with Crippen LogP contribution in [-0.4, -0.2) is 39.8 Å². The first-order valence-electron chi connectivity index (χ1n) is 9.56. The molecule has 0 bridgehead atoms. The molecule has 0 radical (unpaired) electrons. The van der Waals surface area contributed by atoms with Crippen LogP contribution in [0.5, 0.6) is 0 Å². The molecule has 0 unspecified atom stereocenters. The van der Waals surface area contributed by atoms with Gasteiger partial charge in [-0.1, -0.05) is 37.1 Å². The first kappa shape index (κ1) is 19.4. The molecule has 0 saturated heterocycles. The van der Waals surface area contributed by atoms with Crippen LogP contribution < -0.4 is 0 Å². The van der Waals surface area contributed by atoms with Crippen molar-refractivity contribution in [2.45, 2.75) is 39.3 Å². The largest absolute Gasteiger partial charge is 0.390 e. The molecule has 0 amide bonds. The predicted molar refractivity (Wildman–Crippen MR) is 110 cm³/mol. The Labute approximate surface area is 173 Å². The summed E-state index contributed by atoms with van der Waals surface area (Å²) in [6.45, 7) is 2.59. The highest BCUT2D eigenvalue weighted by Crippen LogP contribution is 2.23. The number of hydrogen-bond donors (Lipinski definition) is 2. The Bertz CT molecular complexity index is 1070. The van der Waals surface area contributed by atoms with Crippen molar-refractivity contribution >= 4 is 11.6 Å². The summed E-state index contributed by atoms with van der Waals surface area (Å²) in [6.07, 6.45) is 4.92. The quantitative estimate of drug-likeness (QED) is 0.463. The Balaban J connectivity index is 1.59. The van der Waals surface area contributed by atoms with Crippen LogP contribution in [-0.2, 0) is 19.6 Å². The van der Waals surface area contributed by atoms with E-state index in [1.807, 2.05) is 39.6 Å². The highest BCUT2D eigenvalue weighted by Gasteiger charge is 2.15. The number of H-pyrrole nitrogens is 1. The molecule has 9 heteroatoms. The lowest BCUT2D eigenvalue weighted by Gasteiger charge is -2.11. The van der Waals surface area contributed by atoms with E-state index < -0.39 is 0 Å². The summed E-state index contributed by atoms with van der Waals surface area (Å²) >= 11 is 6.46. The monoisotopic (exact) mass is 411 g/mol. The van der Waals surface area contributed by atoms with Crippen molar-refractivity contribution in [1.82, 2.24) is 34.7 Å². The molecular formula is C20H22ClN7O. The van der Waals surface area contributed by atoms with Crippen molar-refractivity contribution in [3.05, 3.63) is 64.8 Å². The second kappa shape index (κ2) is 8.59. The SMILES string of the molecule is CCCCc1nc(CO)c(Cl)n1Cc1ccc(-n2cccc2-c2nnn[nH]2)cc1. The Kier molecular flexibility index (Phi) is 5.73. The lowest BCUT2D eigenvalue weighted by atomic mass is 10.2. The first-order valence-corrected chi connectivity index (χ1v) is 9.94. The van der Waals surface area contributed by atoms with Gasteiger partial charge in [0.2, 0.25) is 0 Å². The van der Waals surface area contributed by atoms with Crippen LogP contribution in [0.1, 0.15) is 36.8 Å². The maximum absolute atomic E-state index is 9.51. The van der Waals surface area contributed by atoms with Crippen molar-refractivity contribution in [2.75, 3.05) is 0 Å². The van der Waals surface area contributed by atoms with Gasteiger partial charge in [0, 0.05) is 18.3 Å². The van der Waals surface area contributed by atoms with E-state index in [2.05, 4.69) is 44.7 Å². The van der Waals surface area contributed by atoms with Gasteiger partial charge in [-0.15, -0.1) is 5.10 Å². The molecule has 0 aliphatic rings. The topological polar surface area (TPSA) is 97.4 Å². The zero-order chi connectivity index (χ0) is 20.2. The van der Waals surface area contributed by atoms with Gasteiger partial charge in [-0.05, 0) is 46.7 Å². The van der Waals surface area contributed by atoms with E-state index in [9.17, 15) is 5.11 Å². The van der Waals surface area contributed by atoms with Crippen molar-refractivity contribution < 1.29 is 5.11 Å². The van der Waals surface area contributed by atoms with Gasteiger partial charge in [0.1, 0.15) is 16.7 Å². The minimum Gasteiger partial charge on any atom is -0.390 e. The molecule has 4 rings (SSSR count). The van der Waals surface area contributed by atoms with Crippen LogP contribution in [0, 0.1) is 0 Å². The van der Waals surface area contributed by atoms with Gasteiger partial charge in [0.15, 0.2) is 5.82 Å². The van der Waals surface area contributed by atoms with Crippen molar-refractivity contribution in [3.8, 4) is 17.2 Å². The molecule has 0 spiro atoms. The molecule has 29 heavy (non-hydrogen) atoms. The number of aromatic nitrogens is 7. The van der Waals surface area contributed by atoms with E-state index in [1.54, 1.807) is 0 Å². The molecule has 8 nitrogen and oxygen atoms in total. The number of unbranched alkanes of at least 4 members (excludes halogenated alkanes) is 1. The Morgan fingerprint density at radius 3 is 2.69 bits per heavy atom. The van der Waals surface area contributed by atoms with Gasteiger partial charge in [0.05, 0.1) is 18.8 Å². The normalized spacial score (nSPS) is 11.3. The van der Waals surface area contributed by atoms with E-state index >= 15 is 0 Å². The Morgan fingerprint density at radius 2 is 2.00 bits per heavy atom. The summed E-state index contributed by atoms with van der Waals surface area (Å²) < 4.78 is 4.01. The molecule has 1 aromatic carbocycles. The minimum atomic E-state index is -0.156. The van der Waals surface area contributed by atoms with Gasteiger partial charge < -0.3 is 14.2 Å². The number of hydrogen-bond acceptors (Lipinski definition) is 5. The maximum atomic E-state index is 9.51. The van der Waals surface area contributed by atoms with E-state index in [1.165, 1.54) is 0 Å². The molecule has 0 atom stereocenters. The van der Waals surface area contributed by atoms with E-state index in [0.29, 0.717) is 23.2 Å². The van der Waals surface area contributed by atoms with Crippen molar-refractivity contribution in [3.63, 3.8) is 0 Å². The number of aliphatic hydroxyl groups is 1. The number of nitrogens with zero attached hydrogens (tertiary/aromatic N) is 6. The summed E-state index contributed by atoms with van der Waals surface area (Å²) in [5.41, 5.74) is 3.52. The molecule has 3 aromatic heterocycles. The molecule has 0 aliphatic carbocycles. The van der Waals surface area contributed by atoms with Crippen LogP contribution in [0.25, 0.3) is 17.2 Å². The predicted octanol–water partition coefficient (Wildman–Crippen LogP) is 3.39. The third kappa shape index (κ3) is 3.94. The highest BCUT2D eigenvalue weighted by molar-refractivity contribution is 6.30. The van der Waals surface area contributed by atoms with Crippen LogP contribution in [0.4, 0.5) is 0 Å². The number of aliphatic hydroxyl groups excluding tert-OH is 1. The summed E-state index contributed by atoms with van der Waals surface area (Å²) in [6, 6.07) is 12.1. The average Bonchev–Trinajstić information content (AvgIpc) is 3.48. The minimum absolute atomic E-state index is 0.156. The second-order valence-corrected chi connectivity index (χ2v) is 7.15. The van der Waals surface area contributed by atoms with Crippen LogP contribution in [0.15, 0.2) is 42.6 Å². The smallest absolute Gasteiger partial charge is 0.196 e.